The molecule has 2 aliphatic carbocycles. The summed E-state index contributed by atoms with van der Waals surface area (Å²) in [6.45, 7) is 15.7. The number of oxime groups is 6. The first-order valence-electron chi connectivity index (χ1n) is 26.7. The van der Waals surface area contributed by atoms with Gasteiger partial charge in [0.25, 0.3) is 0 Å². The van der Waals surface area contributed by atoms with Crippen LogP contribution in [0.5, 0.6) is 23.0 Å². The van der Waals surface area contributed by atoms with Crippen molar-refractivity contribution >= 4 is 57.8 Å². The van der Waals surface area contributed by atoms with Crippen LogP contribution in [0.25, 0.3) is 0 Å². The van der Waals surface area contributed by atoms with E-state index >= 15 is 0 Å². The third kappa shape index (κ3) is 21.8. The van der Waals surface area contributed by atoms with Crippen LogP contribution in [0.3, 0.4) is 0 Å². The first kappa shape index (κ1) is 73.3. The maximum atomic E-state index is 13.0. The van der Waals surface area contributed by atoms with Gasteiger partial charge in [0.2, 0.25) is 0 Å². The van der Waals surface area contributed by atoms with Gasteiger partial charge in [0.15, 0.2) is 11.4 Å². The minimum absolute atomic E-state index is 0. The van der Waals surface area contributed by atoms with Crippen LogP contribution in [0.15, 0.2) is 173 Å². The van der Waals surface area contributed by atoms with Crippen molar-refractivity contribution in [3.05, 3.63) is 164 Å². The molecule has 0 atom stereocenters. The molecule has 0 saturated carbocycles. The smallest absolute Gasteiger partial charge is 0.416 e. The number of rotatable bonds is 22. The molecule has 4 aromatic carbocycles. The topological polar surface area (TPSA) is 212 Å². The minimum Gasteiger partial charge on any atom is -0.464 e. The van der Waals surface area contributed by atoms with Crippen LogP contribution in [0, 0.1) is 0 Å². The Morgan fingerprint density at radius 1 is 0.511 bits per heavy atom. The molecule has 0 radical (unpaired) electrons. The number of carbonyl (C=O) groups excluding carboxylic acids is 2. The van der Waals surface area contributed by atoms with Crippen molar-refractivity contribution in [2.24, 2.45) is 30.9 Å². The van der Waals surface area contributed by atoms with Crippen molar-refractivity contribution < 1.29 is 84.3 Å². The number of carbonyl (C=O) groups is 2. The summed E-state index contributed by atoms with van der Waals surface area (Å²) >= 11 is 5.95. The van der Waals surface area contributed by atoms with Crippen LogP contribution in [-0.2, 0) is 55.6 Å². The number of halogens is 7. The van der Waals surface area contributed by atoms with Crippen molar-refractivity contribution in [1.82, 2.24) is 0 Å². The van der Waals surface area contributed by atoms with E-state index in [0.29, 0.717) is 83.7 Å². The lowest BCUT2D eigenvalue weighted by molar-refractivity contribution is -0.138. The third-order valence-electron chi connectivity index (χ3n) is 12.9. The number of hydrogen-bond acceptors (Lipinski definition) is 18. The van der Waals surface area contributed by atoms with E-state index in [0.717, 1.165) is 58.6 Å². The monoisotopic (exact) mass is 1250 g/mol. The van der Waals surface area contributed by atoms with E-state index in [1.54, 1.807) is 76.2 Å². The molecule has 0 unspecified atom stereocenters. The number of methoxy groups -OCH3 is 2. The second kappa shape index (κ2) is 35.6. The Morgan fingerprint density at radius 3 is 1.26 bits per heavy atom. The highest BCUT2D eigenvalue weighted by Crippen LogP contribution is 2.36. The van der Waals surface area contributed by atoms with Gasteiger partial charge in [0.1, 0.15) is 79.9 Å². The maximum absolute atomic E-state index is 13.0. The fraction of sp³-hybridized carbons (Fsp3) is 0.365. The van der Waals surface area contributed by atoms with Crippen LogP contribution < -0.4 is 9.47 Å². The Bertz CT molecular complexity index is 3350. The van der Waals surface area contributed by atoms with E-state index in [1.165, 1.54) is 63.9 Å². The molecule has 0 saturated heterocycles. The standard InChI is InChI=1S/C31H34F3N3O6.C18H17F3N2O3.C13H18ClNO3.CH4/c1-7-41-37-28(22-11-13-25(14-12-22)43-26-10-8-9-24(17-26)31(32,33)34)21(4)35-42-18-23-15-19(2)20(3)16-27(23)29(36-40-6)30(38)39-5;1-3-25-23-17(12(2)22-24)13-7-9-15(10-8-13)26-16-6-4-5-14(11-16)18(19,20)21;1-8-5-10(7-14)11(6-9(8)2)12(15-18-4)13(16)17-3;/h8-14,17H,7,15-16,18H2,1-6H3;4-11,24H,3H2,1-2H3;5-7H2,1-4H3;1H4/b35-21+,36-29+,37-28-;22-12+,23-17-;15-12+;. The summed E-state index contributed by atoms with van der Waals surface area (Å²) in [5.41, 5.74) is 9.34. The minimum atomic E-state index is -4.47. The van der Waals surface area contributed by atoms with E-state index < -0.39 is 35.4 Å². The summed E-state index contributed by atoms with van der Waals surface area (Å²) in [6, 6.07) is 22.2. The van der Waals surface area contributed by atoms with Crippen LogP contribution in [0.1, 0.15) is 111 Å². The summed E-state index contributed by atoms with van der Waals surface area (Å²) in [7, 11) is 5.36. The summed E-state index contributed by atoms with van der Waals surface area (Å²) in [5, 5.41) is 32.0. The van der Waals surface area contributed by atoms with Gasteiger partial charge in [0.05, 0.1) is 25.3 Å². The number of hydrogen-bond donors (Lipinski definition) is 1. The molecule has 0 amide bonds. The Morgan fingerprint density at radius 2 is 0.898 bits per heavy atom. The van der Waals surface area contributed by atoms with Gasteiger partial charge in [-0.1, -0.05) is 72.8 Å². The zero-order chi connectivity index (χ0) is 64.4. The number of nitrogens with zero attached hydrogens (tertiary/aromatic N) is 6. The lowest BCUT2D eigenvalue weighted by Gasteiger charge is -2.22. The predicted octanol–water partition coefficient (Wildman–Crippen LogP) is 15.8. The van der Waals surface area contributed by atoms with Crippen molar-refractivity contribution in [3.63, 3.8) is 0 Å². The fourth-order valence-corrected chi connectivity index (χ4v) is 8.39. The first-order chi connectivity index (χ1) is 41.4. The van der Waals surface area contributed by atoms with E-state index in [1.807, 2.05) is 20.8 Å². The number of ether oxygens (including phenoxy) is 4. The average Bonchev–Trinajstić information content (AvgIpc) is 3.58. The van der Waals surface area contributed by atoms with Crippen molar-refractivity contribution in [2.45, 2.75) is 101 Å². The highest BCUT2D eigenvalue weighted by Gasteiger charge is 2.32. The number of esters is 2. The molecule has 6 rings (SSSR count). The van der Waals surface area contributed by atoms with Crippen molar-refractivity contribution in [2.75, 3.05) is 54.1 Å². The predicted molar refractivity (Wildman–Crippen MR) is 326 cm³/mol. The number of alkyl halides is 7. The molecular weight excluding hydrogens is 1180 g/mol. The Kier molecular flexibility index (Phi) is 29.7. The molecule has 25 heteroatoms. The first-order valence-corrected chi connectivity index (χ1v) is 27.3. The van der Waals surface area contributed by atoms with E-state index in [2.05, 4.69) is 37.9 Å². The summed E-state index contributed by atoms with van der Waals surface area (Å²) in [6.07, 6.45) is -6.44. The summed E-state index contributed by atoms with van der Waals surface area (Å²) in [4.78, 5) is 49.8. The quantitative estimate of drug-likeness (QED) is 0.0148. The molecule has 0 spiro atoms. The van der Waals surface area contributed by atoms with Gasteiger partial charge in [-0.2, -0.15) is 26.3 Å². The molecule has 88 heavy (non-hydrogen) atoms. The second-order valence-corrected chi connectivity index (χ2v) is 19.3. The van der Waals surface area contributed by atoms with Crippen molar-refractivity contribution in [1.29, 1.82) is 0 Å². The van der Waals surface area contributed by atoms with Gasteiger partial charge in [-0.05, 0) is 188 Å². The van der Waals surface area contributed by atoms with Gasteiger partial charge < -0.3 is 48.3 Å². The molecule has 0 bridgehead atoms. The van der Waals surface area contributed by atoms with Crippen LogP contribution in [0.4, 0.5) is 26.3 Å². The van der Waals surface area contributed by atoms with E-state index in [4.69, 9.17) is 59.9 Å². The molecule has 4 aromatic rings. The molecule has 1 N–H and O–H groups in total. The molecule has 18 nitrogen and oxygen atoms in total. The Balaban J connectivity index is 0.000000381. The largest absolute Gasteiger partial charge is 0.464 e. The van der Waals surface area contributed by atoms with Crippen molar-refractivity contribution in [3.8, 4) is 23.0 Å². The van der Waals surface area contributed by atoms with E-state index in [-0.39, 0.29) is 42.7 Å². The van der Waals surface area contributed by atoms with Gasteiger partial charge in [-0.25, -0.2) is 9.59 Å². The van der Waals surface area contributed by atoms with E-state index in [9.17, 15) is 35.9 Å². The van der Waals surface area contributed by atoms with Crippen LogP contribution in [0.2, 0.25) is 0 Å². The number of benzene rings is 4. The van der Waals surface area contributed by atoms with Gasteiger partial charge in [0, 0.05) is 17.0 Å². The van der Waals surface area contributed by atoms with Crippen LogP contribution >= 0.6 is 11.6 Å². The molecule has 0 aromatic heterocycles. The third-order valence-corrected chi connectivity index (χ3v) is 13.2. The molecule has 476 valence electrons. The SMILES string of the molecule is C.CCO/N=C(/C(C)=N/O)c1ccc(Oc2cccc(C(F)(F)F)c2)cc1.CCO/N=C(/C(C)=N/OCC1=C(/C(=N\OC)C(=O)OC)CC(C)=C(C)C1)c1ccc(Oc2cccc(C(F)(F)F)c2)cc1.CO/N=C(/C(=O)OC)C1=C(CCl)CC(C)=C(C)C1. The molecule has 0 fully saturated rings. The fourth-order valence-electron chi connectivity index (χ4n) is 8.13. The highest BCUT2D eigenvalue weighted by molar-refractivity contribution is 6.48. The lowest BCUT2D eigenvalue weighted by atomic mass is 9.85. The molecule has 2 aliphatic rings. The zero-order valence-corrected chi connectivity index (χ0v) is 50.9. The van der Waals surface area contributed by atoms with Gasteiger partial charge in [-0.3, -0.25) is 0 Å². The molecule has 0 heterocycles. The number of allylic oxidation sites excluding steroid dienone is 5. The van der Waals surface area contributed by atoms with Gasteiger partial charge >= 0.3 is 24.3 Å². The average molecular weight is 1260 g/mol. The second-order valence-electron chi connectivity index (χ2n) is 19.0. The molecule has 0 aliphatic heterocycles. The Hall–Kier alpha value is -8.93. The zero-order valence-electron chi connectivity index (χ0n) is 50.2. The summed E-state index contributed by atoms with van der Waals surface area (Å²) in [5.74, 6) is 0.0690. The normalized spacial score (nSPS) is 14.6. The molecular formula is C63H73ClF6N6O12. The maximum Gasteiger partial charge on any atom is 0.416 e. The van der Waals surface area contributed by atoms with Gasteiger partial charge in [-0.15, -0.1) is 11.6 Å². The highest BCUT2D eigenvalue weighted by atomic mass is 35.5. The van der Waals surface area contributed by atoms with Crippen LogP contribution in [-0.4, -0.2) is 106 Å². The Labute approximate surface area is 513 Å². The lowest BCUT2D eigenvalue weighted by Crippen LogP contribution is -2.23. The summed E-state index contributed by atoms with van der Waals surface area (Å²) < 4.78 is 98.1.